The fourth-order valence-electron chi connectivity index (χ4n) is 4.90. The Morgan fingerprint density at radius 2 is 1.95 bits per heavy atom. The summed E-state index contributed by atoms with van der Waals surface area (Å²) in [4.78, 5) is 52.7. The Morgan fingerprint density at radius 3 is 2.70 bits per heavy atom. The molecular formula is C31H35N3O6. The number of carbonyl (C=O) groups is 3. The normalized spacial score (nSPS) is 14.7. The molecule has 9 nitrogen and oxygen atoms in total. The highest BCUT2D eigenvalue weighted by atomic mass is 16.5. The molecule has 0 saturated carbocycles. The lowest BCUT2D eigenvalue weighted by Gasteiger charge is -2.32. The van der Waals surface area contributed by atoms with Crippen LogP contribution in [0.2, 0.25) is 0 Å². The van der Waals surface area contributed by atoms with E-state index in [1.54, 1.807) is 31.2 Å². The zero-order valence-corrected chi connectivity index (χ0v) is 22.7. The van der Waals surface area contributed by atoms with Crippen LogP contribution < -0.4 is 16.3 Å². The molecule has 0 spiro atoms. The van der Waals surface area contributed by atoms with Gasteiger partial charge in [0.1, 0.15) is 17.2 Å². The van der Waals surface area contributed by atoms with Crippen LogP contribution in [-0.4, -0.2) is 55.0 Å². The highest BCUT2D eigenvalue weighted by molar-refractivity contribution is 5.98. The minimum Gasteiger partial charge on any atom is -0.464 e. The van der Waals surface area contributed by atoms with Crippen molar-refractivity contribution < 1.29 is 23.5 Å². The Morgan fingerprint density at radius 1 is 1.15 bits per heavy atom. The predicted molar refractivity (Wildman–Crippen MR) is 149 cm³/mol. The molecule has 0 radical (unpaired) electrons. The quantitative estimate of drug-likeness (QED) is 0.265. The zero-order valence-electron chi connectivity index (χ0n) is 22.7. The van der Waals surface area contributed by atoms with Gasteiger partial charge in [0.05, 0.1) is 6.61 Å². The zero-order chi connectivity index (χ0) is 28.3. The Hall–Kier alpha value is -4.16. The second kappa shape index (κ2) is 14.3. The smallest absolute Gasteiger partial charge is 0.349 e. The number of fused-ring (bicyclic) bond motifs is 1. The molecular weight excluding hydrogens is 510 g/mol. The maximum Gasteiger partial charge on any atom is 0.349 e. The first-order valence-electron chi connectivity index (χ1n) is 13.8. The molecule has 2 aromatic carbocycles. The maximum atomic E-state index is 12.9. The molecule has 40 heavy (non-hydrogen) atoms. The first-order valence-corrected chi connectivity index (χ1v) is 13.8. The second-order valence-electron chi connectivity index (χ2n) is 10.0. The number of para-hydroxylation sites is 1. The van der Waals surface area contributed by atoms with E-state index in [0.717, 1.165) is 38.9 Å². The van der Waals surface area contributed by atoms with Gasteiger partial charge in [0.15, 0.2) is 0 Å². The average molecular weight is 546 g/mol. The van der Waals surface area contributed by atoms with E-state index in [1.165, 1.54) is 11.6 Å². The number of hydrogen-bond acceptors (Lipinski definition) is 7. The van der Waals surface area contributed by atoms with E-state index in [-0.39, 0.29) is 30.9 Å². The Kier molecular flexibility index (Phi) is 10.3. The van der Waals surface area contributed by atoms with Crippen LogP contribution in [0.15, 0.2) is 57.7 Å². The summed E-state index contributed by atoms with van der Waals surface area (Å²) in [7, 11) is 0. The lowest BCUT2D eigenvalue weighted by atomic mass is 9.93. The molecule has 0 aliphatic carbocycles. The van der Waals surface area contributed by atoms with E-state index in [2.05, 4.69) is 33.7 Å². The molecule has 2 N–H and O–H groups in total. The summed E-state index contributed by atoms with van der Waals surface area (Å²) in [6.07, 6.45) is 3.13. The number of esters is 1. The Balaban J connectivity index is 1.22. The summed E-state index contributed by atoms with van der Waals surface area (Å²) in [5.74, 6) is -1.07. The minimum atomic E-state index is -1.08. The van der Waals surface area contributed by atoms with Crippen molar-refractivity contribution in [3.63, 3.8) is 0 Å². The third-order valence-electron chi connectivity index (χ3n) is 7.13. The van der Waals surface area contributed by atoms with Gasteiger partial charge in [-0.05, 0) is 87.5 Å². The number of rotatable bonds is 12. The number of piperidine rings is 1. The Bertz CT molecular complexity index is 1350. The van der Waals surface area contributed by atoms with Crippen molar-refractivity contribution >= 4 is 28.8 Å². The van der Waals surface area contributed by atoms with Gasteiger partial charge in [0, 0.05) is 24.9 Å². The van der Waals surface area contributed by atoms with Gasteiger partial charge in [-0.3, -0.25) is 14.5 Å². The lowest BCUT2D eigenvalue weighted by molar-refractivity contribution is -0.145. The highest BCUT2D eigenvalue weighted by Gasteiger charge is 2.26. The second-order valence-corrected chi connectivity index (χ2v) is 10.0. The molecule has 0 unspecified atom stereocenters. The van der Waals surface area contributed by atoms with Gasteiger partial charge < -0.3 is 19.8 Å². The molecule has 2 amide bonds. The molecule has 210 valence electrons. The van der Waals surface area contributed by atoms with Gasteiger partial charge in [-0.2, -0.15) is 0 Å². The maximum absolute atomic E-state index is 12.9. The van der Waals surface area contributed by atoms with E-state index in [4.69, 9.17) is 9.15 Å². The van der Waals surface area contributed by atoms with Crippen molar-refractivity contribution in [1.82, 2.24) is 15.5 Å². The van der Waals surface area contributed by atoms with Crippen molar-refractivity contribution in [3.05, 3.63) is 82.2 Å². The summed E-state index contributed by atoms with van der Waals surface area (Å²) < 4.78 is 10.3. The third-order valence-corrected chi connectivity index (χ3v) is 7.13. The van der Waals surface area contributed by atoms with E-state index < -0.39 is 23.5 Å². The topological polar surface area (TPSA) is 118 Å². The molecule has 1 atom stereocenters. The van der Waals surface area contributed by atoms with Crippen molar-refractivity contribution in [2.24, 2.45) is 5.92 Å². The number of carbonyl (C=O) groups excluding carboxylic acids is 3. The van der Waals surface area contributed by atoms with Gasteiger partial charge in [0.2, 0.25) is 5.91 Å². The largest absolute Gasteiger partial charge is 0.464 e. The molecule has 1 aliphatic rings. The highest BCUT2D eigenvalue weighted by Crippen LogP contribution is 2.21. The Labute approximate surface area is 233 Å². The van der Waals surface area contributed by atoms with Gasteiger partial charge in [-0.25, -0.2) is 9.59 Å². The van der Waals surface area contributed by atoms with Crippen LogP contribution in [0.5, 0.6) is 0 Å². The number of ether oxygens (including phenoxy) is 1. The summed E-state index contributed by atoms with van der Waals surface area (Å²) in [6.45, 7) is 5.29. The fourth-order valence-corrected chi connectivity index (χ4v) is 4.90. The molecule has 2 heterocycles. The molecule has 1 fully saturated rings. The molecule has 0 bridgehead atoms. The van der Waals surface area contributed by atoms with Crippen molar-refractivity contribution in [1.29, 1.82) is 0 Å². The number of nitrogens with one attached hydrogen (secondary N) is 2. The lowest BCUT2D eigenvalue weighted by Crippen LogP contribution is -2.44. The molecule has 9 heteroatoms. The van der Waals surface area contributed by atoms with Crippen molar-refractivity contribution in [2.45, 2.75) is 51.6 Å². The van der Waals surface area contributed by atoms with Crippen LogP contribution in [0.25, 0.3) is 11.0 Å². The average Bonchev–Trinajstić information content (AvgIpc) is 2.96. The molecule has 1 saturated heterocycles. The van der Waals surface area contributed by atoms with E-state index in [9.17, 15) is 19.2 Å². The molecule has 4 rings (SSSR count). The predicted octanol–water partition coefficient (Wildman–Crippen LogP) is 3.25. The molecule has 1 aliphatic heterocycles. The summed E-state index contributed by atoms with van der Waals surface area (Å²) in [5, 5.41) is 6.06. The van der Waals surface area contributed by atoms with Crippen LogP contribution in [0.3, 0.4) is 0 Å². The minimum absolute atomic E-state index is 0.0278. The monoisotopic (exact) mass is 545 g/mol. The van der Waals surface area contributed by atoms with E-state index in [1.807, 2.05) is 12.1 Å². The van der Waals surface area contributed by atoms with E-state index in [0.29, 0.717) is 23.4 Å². The first-order chi connectivity index (χ1) is 19.4. The third kappa shape index (κ3) is 8.17. The standard InChI is InChI=1S/C31H35N3O6/c1-2-39-31(38)26(33-29(36)25-20-24-10-6-7-11-27(24)40-30(25)37)12-13-28(35)32-17-14-22-15-18-34(19-16-22)21-23-8-4-3-5-9-23/h4,6-11,20,22,26H,2,12-19,21H2,1H3,(H,32,35)(H,33,36)/t26-/m0/s1. The first kappa shape index (κ1) is 28.8. The fraction of sp³-hybridized carbons (Fsp3) is 0.419. The van der Waals surface area contributed by atoms with Crippen molar-refractivity contribution in [3.8, 4) is 0 Å². The van der Waals surface area contributed by atoms with Crippen LogP contribution >= 0.6 is 0 Å². The van der Waals surface area contributed by atoms with Gasteiger partial charge >= 0.3 is 11.6 Å². The van der Waals surface area contributed by atoms with E-state index >= 15 is 0 Å². The molecule has 3 aromatic rings. The van der Waals surface area contributed by atoms with Gasteiger partial charge in [0.25, 0.3) is 5.91 Å². The number of nitrogens with zero attached hydrogens (tertiary/aromatic N) is 1. The number of amides is 2. The van der Waals surface area contributed by atoms with Crippen LogP contribution in [0.1, 0.15) is 54.9 Å². The summed E-state index contributed by atoms with van der Waals surface area (Å²) in [6, 6.07) is 19.0. The van der Waals surface area contributed by atoms with Crippen molar-refractivity contribution in [2.75, 3.05) is 26.2 Å². The number of likely N-dealkylation sites (tertiary alicyclic amines) is 1. The number of hydrogen-bond donors (Lipinski definition) is 2. The van der Waals surface area contributed by atoms with Crippen LogP contribution in [0.4, 0.5) is 0 Å². The van der Waals surface area contributed by atoms with Gasteiger partial charge in [-0.15, -0.1) is 0 Å². The summed E-state index contributed by atoms with van der Waals surface area (Å²) >= 11 is 0. The SMILES string of the molecule is CCOC(=O)[C@H](CCC(=O)NCCC1CCN(Cc2cc#ccc2)CC1)NC(=O)c1cc2ccccc2oc1=O. The molecule has 1 aromatic heterocycles. The van der Waals surface area contributed by atoms with Crippen LogP contribution in [0, 0.1) is 18.1 Å². The summed E-state index contributed by atoms with van der Waals surface area (Å²) in [5.41, 5.74) is 0.573. The van der Waals surface area contributed by atoms with Gasteiger partial charge in [-0.1, -0.05) is 30.3 Å². The van der Waals surface area contributed by atoms with Crippen LogP contribution in [-0.2, 0) is 20.9 Å². The number of benzene rings is 1.